The molecule has 2 aliphatic heterocycles. The van der Waals surface area contributed by atoms with E-state index in [2.05, 4.69) is 22.5 Å². The fourth-order valence-electron chi connectivity index (χ4n) is 3.69. The number of benzene rings is 1. The number of aliphatic imine (C=N–C) groups is 1. The third-order valence-electron chi connectivity index (χ3n) is 5.21. The Morgan fingerprint density at radius 2 is 2.00 bits per heavy atom. The molecule has 0 saturated carbocycles. The zero-order valence-electron chi connectivity index (χ0n) is 16.5. The molecule has 28 heavy (non-hydrogen) atoms. The Hall–Kier alpha value is -0.610. The summed E-state index contributed by atoms with van der Waals surface area (Å²) >= 11 is 6.26. The second-order valence-electron chi connectivity index (χ2n) is 7.01. The summed E-state index contributed by atoms with van der Waals surface area (Å²) in [6, 6.07) is 8.28. The zero-order valence-corrected chi connectivity index (χ0v) is 19.6. The molecule has 0 aromatic heterocycles. The van der Waals surface area contributed by atoms with Crippen LogP contribution in [-0.2, 0) is 16.0 Å². The Bertz CT molecular complexity index is 608. The van der Waals surface area contributed by atoms with Crippen molar-refractivity contribution < 1.29 is 9.47 Å². The molecular formula is C20H32ClIN4O2. The molecule has 2 unspecified atom stereocenters. The lowest BCUT2D eigenvalue weighted by Gasteiger charge is -2.37. The van der Waals surface area contributed by atoms with Crippen LogP contribution in [0.5, 0.6) is 0 Å². The predicted octanol–water partition coefficient (Wildman–Crippen LogP) is 2.75. The average Bonchev–Trinajstić information content (AvgIpc) is 3.22. The smallest absolute Gasteiger partial charge is 0.191 e. The first-order valence-electron chi connectivity index (χ1n) is 9.93. The molecular weight excluding hydrogens is 491 g/mol. The Balaban J connectivity index is 0.00000280. The van der Waals surface area contributed by atoms with Crippen molar-refractivity contribution in [3.63, 3.8) is 0 Å². The van der Waals surface area contributed by atoms with E-state index in [0.717, 1.165) is 75.6 Å². The predicted molar refractivity (Wildman–Crippen MR) is 125 cm³/mol. The highest BCUT2D eigenvalue weighted by molar-refractivity contribution is 14.0. The molecule has 0 radical (unpaired) electrons. The summed E-state index contributed by atoms with van der Waals surface area (Å²) in [5.74, 6) is 1.39. The largest absolute Gasteiger partial charge is 0.381 e. The topological polar surface area (TPSA) is 58.1 Å². The fourth-order valence-corrected chi connectivity index (χ4v) is 3.89. The van der Waals surface area contributed by atoms with E-state index in [9.17, 15) is 0 Å². The van der Waals surface area contributed by atoms with Crippen LogP contribution in [-0.4, -0.2) is 69.5 Å². The number of hydrogen-bond acceptors (Lipinski definition) is 4. The van der Waals surface area contributed by atoms with E-state index in [-0.39, 0.29) is 24.0 Å². The summed E-state index contributed by atoms with van der Waals surface area (Å²) in [6.45, 7) is 9.61. The first-order valence-corrected chi connectivity index (χ1v) is 10.3. The summed E-state index contributed by atoms with van der Waals surface area (Å²) in [6.07, 6.45) is 1.12. The quantitative estimate of drug-likeness (QED) is 0.328. The zero-order chi connectivity index (χ0) is 18.9. The number of morpholine rings is 1. The summed E-state index contributed by atoms with van der Waals surface area (Å²) in [5.41, 5.74) is 1.03. The van der Waals surface area contributed by atoms with Crippen molar-refractivity contribution in [3.8, 4) is 0 Å². The number of rotatable bonds is 7. The lowest BCUT2D eigenvalue weighted by Crippen LogP contribution is -2.53. The highest BCUT2D eigenvalue weighted by Gasteiger charge is 2.31. The molecule has 2 N–H and O–H groups in total. The SMILES string of the molecule is CCNC(=NCc1ccccc1Cl)NCC(C1CCOC1)N1CCOCC1.I. The number of ether oxygens (including phenoxy) is 2. The van der Waals surface area contributed by atoms with Gasteiger partial charge in [0.05, 0.1) is 26.4 Å². The van der Waals surface area contributed by atoms with Gasteiger partial charge in [-0.1, -0.05) is 29.8 Å². The summed E-state index contributed by atoms with van der Waals surface area (Å²) in [7, 11) is 0. The van der Waals surface area contributed by atoms with Crippen LogP contribution in [0.1, 0.15) is 18.9 Å². The van der Waals surface area contributed by atoms with Gasteiger partial charge >= 0.3 is 0 Å². The van der Waals surface area contributed by atoms with Crippen molar-refractivity contribution in [2.75, 3.05) is 52.6 Å². The molecule has 3 rings (SSSR count). The minimum atomic E-state index is 0. The Morgan fingerprint density at radius 3 is 2.68 bits per heavy atom. The number of halogens is 2. The summed E-state index contributed by atoms with van der Waals surface area (Å²) in [4.78, 5) is 7.26. The van der Waals surface area contributed by atoms with Gasteiger partial charge in [0, 0.05) is 49.8 Å². The van der Waals surface area contributed by atoms with Gasteiger partial charge in [-0.2, -0.15) is 0 Å². The van der Waals surface area contributed by atoms with E-state index in [1.807, 2.05) is 24.3 Å². The van der Waals surface area contributed by atoms with Crippen LogP contribution >= 0.6 is 35.6 Å². The first-order chi connectivity index (χ1) is 13.3. The molecule has 1 aromatic carbocycles. The Labute approximate surface area is 190 Å². The third kappa shape index (κ3) is 7.02. The van der Waals surface area contributed by atoms with Crippen LogP contribution in [0, 0.1) is 5.92 Å². The lowest BCUT2D eigenvalue weighted by atomic mass is 9.97. The molecule has 6 nitrogen and oxygen atoms in total. The summed E-state index contributed by atoms with van der Waals surface area (Å²) < 4.78 is 11.2. The minimum absolute atomic E-state index is 0. The maximum absolute atomic E-state index is 6.26. The highest BCUT2D eigenvalue weighted by Crippen LogP contribution is 2.22. The van der Waals surface area contributed by atoms with Gasteiger partial charge in [-0.3, -0.25) is 4.90 Å². The van der Waals surface area contributed by atoms with E-state index < -0.39 is 0 Å². The van der Waals surface area contributed by atoms with Crippen molar-refractivity contribution in [2.24, 2.45) is 10.9 Å². The maximum atomic E-state index is 6.26. The van der Waals surface area contributed by atoms with Crippen LogP contribution in [0.25, 0.3) is 0 Å². The van der Waals surface area contributed by atoms with E-state index in [0.29, 0.717) is 18.5 Å². The van der Waals surface area contributed by atoms with Gasteiger partial charge in [-0.25, -0.2) is 4.99 Å². The molecule has 0 amide bonds. The third-order valence-corrected chi connectivity index (χ3v) is 5.58. The van der Waals surface area contributed by atoms with Gasteiger partial charge in [-0.15, -0.1) is 24.0 Å². The number of hydrogen-bond donors (Lipinski definition) is 2. The lowest BCUT2D eigenvalue weighted by molar-refractivity contribution is 0.00246. The van der Waals surface area contributed by atoms with E-state index in [1.165, 1.54) is 0 Å². The van der Waals surface area contributed by atoms with E-state index in [1.54, 1.807) is 0 Å². The highest BCUT2D eigenvalue weighted by atomic mass is 127. The van der Waals surface area contributed by atoms with Crippen LogP contribution in [0.2, 0.25) is 5.02 Å². The first kappa shape index (κ1) is 23.7. The van der Waals surface area contributed by atoms with Crippen LogP contribution in [0.4, 0.5) is 0 Å². The summed E-state index contributed by atoms with van der Waals surface area (Å²) in [5, 5.41) is 7.64. The van der Waals surface area contributed by atoms with Gasteiger partial charge in [0.25, 0.3) is 0 Å². The molecule has 158 valence electrons. The van der Waals surface area contributed by atoms with Crippen LogP contribution in [0.15, 0.2) is 29.3 Å². The van der Waals surface area contributed by atoms with Crippen molar-refractivity contribution in [1.29, 1.82) is 0 Å². The monoisotopic (exact) mass is 522 g/mol. The average molecular weight is 523 g/mol. The van der Waals surface area contributed by atoms with Crippen molar-refractivity contribution in [3.05, 3.63) is 34.9 Å². The fraction of sp³-hybridized carbons (Fsp3) is 0.650. The minimum Gasteiger partial charge on any atom is -0.381 e. The van der Waals surface area contributed by atoms with Gasteiger partial charge in [0.2, 0.25) is 0 Å². The Morgan fingerprint density at radius 1 is 1.21 bits per heavy atom. The molecule has 2 saturated heterocycles. The number of guanidine groups is 1. The van der Waals surface area contributed by atoms with Crippen LogP contribution in [0.3, 0.4) is 0 Å². The Kier molecular flexibility index (Phi) is 10.9. The second kappa shape index (κ2) is 12.8. The van der Waals surface area contributed by atoms with Gasteiger partial charge in [-0.05, 0) is 25.0 Å². The number of nitrogens with one attached hydrogen (secondary N) is 2. The molecule has 2 heterocycles. The van der Waals surface area contributed by atoms with Crippen molar-refractivity contribution >= 4 is 41.5 Å². The van der Waals surface area contributed by atoms with E-state index in [4.69, 9.17) is 26.1 Å². The van der Waals surface area contributed by atoms with Crippen molar-refractivity contribution in [1.82, 2.24) is 15.5 Å². The number of nitrogens with zero attached hydrogens (tertiary/aromatic N) is 2. The maximum Gasteiger partial charge on any atom is 0.191 e. The molecule has 2 fully saturated rings. The molecule has 0 bridgehead atoms. The van der Waals surface area contributed by atoms with Crippen molar-refractivity contribution in [2.45, 2.75) is 25.9 Å². The molecule has 1 aromatic rings. The normalized spacial score (nSPS) is 21.8. The van der Waals surface area contributed by atoms with Gasteiger partial charge < -0.3 is 20.1 Å². The molecule has 2 aliphatic rings. The molecule has 2 atom stereocenters. The molecule has 8 heteroatoms. The van der Waals surface area contributed by atoms with Gasteiger partial charge in [0.15, 0.2) is 5.96 Å². The second-order valence-corrected chi connectivity index (χ2v) is 7.41. The van der Waals surface area contributed by atoms with E-state index >= 15 is 0 Å². The van der Waals surface area contributed by atoms with Gasteiger partial charge in [0.1, 0.15) is 0 Å². The molecule has 0 spiro atoms. The van der Waals surface area contributed by atoms with Crippen LogP contribution < -0.4 is 10.6 Å². The standard InChI is InChI=1S/C20H31ClN4O2.HI/c1-2-22-20(23-13-16-5-3-4-6-18(16)21)24-14-19(17-7-10-27-15-17)25-8-11-26-12-9-25;/h3-6,17,19H,2,7-15H2,1H3,(H2,22,23,24);1H. The molecule has 0 aliphatic carbocycles.